The fraction of sp³-hybridized carbons (Fsp3) is 0.700. The fourth-order valence-corrected chi connectivity index (χ4v) is 3.62. The number of carbonyl (C=O) groups excluding carboxylic acids is 3. The number of rotatable bonds is 6. The van der Waals surface area contributed by atoms with E-state index in [1.165, 1.54) is 13.8 Å². The molecule has 0 radical (unpaired) electrons. The van der Waals surface area contributed by atoms with Gasteiger partial charge in [0.05, 0.1) is 6.04 Å². The topological polar surface area (TPSA) is 78.9 Å². The van der Waals surface area contributed by atoms with Gasteiger partial charge in [-0.05, 0) is 6.42 Å². The van der Waals surface area contributed by atoms with E-state index in [1.54, 1.807) is 6.92 Å². The van der Waals surface area contributed by atoms with Gasteiger partial charge < -0.3 is 13.3 Å². The summed E-state index contributed by atoms with van der Waals surface area (Å²) >= 11 is 0. The molecular formula is C10H18O6Si. The van der Waals surface area contributed by atoms with E-state index in [1.807, 2.05) is 6.92 Å². The van der Waals surface area contributed by atoms with Gasteiger partial charge in [-0.25, -0.2) is 0 Å². The second-order valence-corrected chi connectivity index (χ2v) is 5.93. The lowest BCUT2D eigenvalue weighted by molar-refractivity contribution is -0.148. The summed E-state index contributed by atoms with van der Waals surface area (Å²) in [5.41, 5.74) is 0. The number of hydrogen-bond donors (Lipinski definition) is 0. The molecule has 0 atom stereocenters. The first-order valence-corrected chi connectivity index (χ1v) is 7.39. The van der Waals surface area contributed by atoms with E-state index in [0.29, 0.717) is 6.42 Å². The van der Waals surface area contributed by atoms with Crippen LogP contribution in [0, 0.1) is 0 Å². The SMILES string of the molecule is CCC[Si](OC(C)=O)(OC(C)=O)OC(=O)CC. The average Bonchev–Trinajstić information content (AvgIpc) is 2.15. The summed E-state index contributed by atoms with van der Waals surface area (Å²) < 4.78 is 15.0. The average molecular weight is 262 g/mol. The molecule has 0 unspecified atom stereocenters. The van der Waals surface area contributed by atoms with Crippen LogP contribution in [0.5, 0.6) is 0 Å². The van der Waals surface area contributed by atoms with E-state index in [0.717, 1.165) is 0 Å². The summed E-state index contributed by atoms with van der Waals surface area (Å²) in [7, 11) is -3.55. The Balaban J connectivity index is 4.99. The smallest absolute Gasteiger partial charge is 0.455 e. The first kappa shape index (κ1) is 15.6. The van der Waals surface area contributed by atoms with Crippen LogP contribution < -0.4 is 0 Å². The molecule has 0 fully saturated rings. The largest absolute Gasteiger partial charge is 0.705 e. The van der Waals surface area contributed by atoms with Crippen LogP contribution in [0.3, 0.4) is 0 Å². The van der Waals surface area contributed by atoms with Gasteiger partial charge >= 0.3 is 8.80 Å². The Labute approximate surface area is 102 Å². The van der Waals surface area contributed by atoms with E-state index < -0.39 is 26.7 Å². The molecule has 17 heavy (non-hydrogen) atoms. The van der Waals surface area contributed by atoms with Gasteiger partial charge in [-0.3, -0.25) is 14.4 Å². The van der Waals surface area contributed by atoms with Crippen molar-refractivity contribution in [2.24, 2.45) is 0 Å². The molecule has 0 aromatic heterocycles. The lowest BCUT2D eigenvalue weighted by Crippen LogP contribution is -2.49. The minimum absolute atomic E-state index is 0.126. The van der Waals surface area contributed by atoms with Gasteiger partial charge in [0.15, 0.2) is 0 Å². The third-order valence-electron chi connectivity index (χ3n) is 1.71. The normalized spacial score (nSPS) is 10.6. The second-order valence-electron chi connectivity index (χ2n) is 3.45. The summed E-state index contributed by atoms with van der Waals surface area (Å²) in [5, 5.41) is 0. The minimum Gasteiger partial charge on any atom is -0.455 e. The zero-order chi connectivity index (χ0) is 13.5. The van der Waals surface area contributed by atoms with E-state index >= 15 is 0 Å². The van der Waals surface area contributed by atoms with Gasteiger partial charge in [-0.1, -0.05) is 13.8 Å². The number of carbonyl (C=O) groups is 3. The third kappa shape index (κ3) is 6.05. The van der Waals surface area contributed by atoms with E-state index in [2.05, 4.69) is 0 Å². The fourth-order valence-electron chi connectivity index (χ4n) is 1.21. The summed E-state index contributed by atoms with van der Waals surface area (Å²) in [5.74, 6) is -1.81. The van der Waals surface area contributed by atoms with Gasteiger partial charge in [-0.15, -0.1) is 0 Å². The van der Waals surface area contributed by atoms with Crippen LogP contribution in [-0.2, 0) is 27.7 Å². The Bertz CT molecular complexity index is 285. The van der Waals surface area contributed by atoms with Crippen molar-refractivity contribution in [2.75, 3.05) is 0 Å². The van der Waals surface area contributed by atoms with Crippen molar-refractivity contribution in [3.05, 3.63) is 0 Å². The van der Waals surface area contributed by atoms with E-state index in [-0.39, 0.29) is 12.5 Å². The Morgan fingerprint density at radius 1 is 0.941 bits per heavy atom. The summed E-state index contributed by atoms with van der Waals surface area (Å²) in [6.45, 7) is 5.78. The molecule has 0 N–H and O–H groups in total. The minimum atomic E-state index is -3.55. The highest BCUT2D eigenvalue weighted by Gasteiger charge is 2.51. The van der Waals surface area contributed by atoms with Crippen LogP contribution in [0.2, 0.25) is 6.04 Å². The molecule has 0 aliphatic rings. The first-order chi connectivity index (χ1) is 7.85. The summed E-state index contributed by atoms with van der Waals surface area (Å²) in [6.07, 6.45) is 0.699. The second kappa shape index (κ2) is 7.05. The zero-order valence-electron chi connectivity index (χ0n) is 10.6. The monoisotopic (exact) mass is 262 g/mol. The molecule has 0 aromatic rings. The standard InChI is InChI=1S/C10H18O6Si/c1-5-7-17(14-8(3)11,15-9(4)12)16-10(13)6-2/h5-7H2,1-4H3. The molecule has 0 spiro atoms. The maximum Gasteiger partial charge on any atom is 0.705 e. The van der Waals surface area contributed by atoms with Gasteiger partial charge in [0.2, 0.25) is 0 Å². The molecule has 0 amide bonds. The Morgan fingerprint density at radius 3 is 1.71 bits per heavy atom. The third-order valence-corrected chi connectivity index (χ3v) is 4.56. The van der Waals surface area contributed by atoms with E-state index in [9.17, 15) is 14.4 Å². The maximum atomic E-state index is 11.3. The highest BCUT2D eigenvalue weighted by molar-refractivity contribution is 6.65. The van der Waals surface area contributed by atoms with Crippen molar-refractivity contribution in [3.8, 4) is 0 Å². The Hall–Kier alpha value is -1.37. The van der Waals surface area contributed by atoms with Gasteiger partial charge in [0.1, 0.15) is 0 Å². The molecule has 0 saturated carbocycles. The molecule has 0 bridgehead atoms. The van der Waals surface area contributed by atoms with Crippen LogP contribution in [-0.4, -0.2) is 26.7 Å². The highest BCUT2D eigenvalue weighted by atomic mass is 28.4. The van der Waals surface area contributed by atoms with E-state index in [4.69, 9.17) is 13.3 Å². The molecule has 6 nitrogen and oxygen atoms in total. The van der Waals surface area contributed by atoms with Crippen molar-refractivity contribution < 1.29 is 27.7 Å². The van der Waals surface area contributed by atoms with Crippen LogP contribution >= 0.6 is 0 Å². The first-order valence-electron chi connectivity index (χ1n) is 5.46. The predicted octanol–water partition coefficient (Wildman–Crippen LogP) is 1.41. The molecule has 0 heterocycles. The zero-order valence-corrected chi connectivity index (χ0v) is 11.6. The highest BCUT2D eigenvalue weighted by Crippen LogP contribution is 2.19. The number of hydrogen-bond acceptors (Lipinski definition) is 6. The van der Waals surface area contributed by atoms with Crippen molar-refractivity contribution in [1.29, 1.82) is 0 Å². The van der Waals surface area contributed by atoms with Crippen molar-refractivity contribution in [2.45, 2.75) is 46.6 Å². The Morgan fingerprint density at radius 2 is 1.41 bits per heavy atom. The van der Waals surface area contributed by atoms with Crippen LogP contribution in [0.25, 0.3) is 0 Å². The molecule has 98 valence electrons. The molecule has 0 aromatic carbocycles. The lowest BCUT2D eigenvalue weighted by Gasteiger charge is -2.26. The van der Waals surface area contributed by atoms with Crippen molar-refractivity contribution in [1.82, 2.24) is 0 Å². The predicted molar refractivity (Wildman–Crippen MR) is 60.8 cm³/mol. The quantitative estimate of drug-likeness (QED) is 0.673. The van der Waals surface area contributed by atoms with Gasteiger partial charge in [0, 0.05) is 20.3 Å². The molecule has 0 aliphatic heterocycles. The summed E-state index contributed by atoms with van der Waals surface area (Å²) in [4.78, 5) is 33.3. The van der Waals surface area contributed by atoms with Crippen LogP contribution in [0.4, 0.5) is 0 Å². The molecule has 0 saturated heterocycles. The maximum absolute atomic E-state index is 11.3. The van der Waals surface area contributed by atoms with Crippen LogP contribution in [0.15, 0.2) is 0 Å². The molecular weight excluding hydrogens is 244 g/mol. The van der Waals surface area contributed by atoms with Gasteiger partial charge in [0.25, 0.3) is 17.9 Å². The molecule has 7 heteroatoms. The molecule has 0 rings (SSSR count). The lowest BCUT2D eigenvalue weighted by atomic mass is 10.5. The van der Waals surface area contributed by atoms with Crippen LogP contribution in [0.1, 0.15) is 40.5 Å². The van der Waals surface area contributed by atoms with Gasteiger partial charge in [-0.2, -0.15) is 0 Å². The molecule has 0 aliphatic carbocycles. The summed E-state index contributed by atoms with van der Waals surface area (Å²) in [6, 6.07) is 0.234. The van der Waals surface area contributed by atoms with Crippen molar-refractivity contribution >= 4 is 26.7 Å². The van der Waals surface area contributed by atoms with Crippen molar-refractivity contribution in [3.63, 3.8) is 0 Å². The Kier molecular flexibility index (Phi) is 6.48.